The molecule has 1 amide bonds. The second-order valence-electron chi connectivity index (χ2n) is 9.94. The lowest BCUT2D eigenvalue weighted by Crippen LogP contribution is -2.58. The van der Waals surface area contributed by atoms with Crippen LogP contribution in [0.4, 0.5) is 5.69 Å². The highest BCUT2D eigenvalue weighted by Gasteiger charge is 2.60. The standard InChI is InChI=1S/C25H27N3O3/c1-17-5-7-21(8-6-17)24-11-19-9-20(12-24)14-25(13-19,16-24)23(29)27-26-15-18-3-2-4-22(10-18)28(30)31/h2-8,10,15,19-20H,9,11-14,16H2,1H3,(H,27,29)/b26-15-/t19-,20-,24?,25?/m1/s1. The average Bonchev–Trinajstić information content (AvgIpc) is 2.73. The quantitative estimate of drug-likeness (QED) is 0.427. The third kappa shape index (κ3) is 3.54. The SMILES string of the molecule is Cc1ccc(C23C[C@H]4C[C@@H](CC(C(=O)N/N=C\c5cccc([N+](=O)[O-])c5)(C4)C2)C3)cc1. The zero-order valence-corrected chi connectivity index (χ0v) is 17.7. The maximum absolute atomic E-state index is 13.4. The molecule has 2 aromatic carbocycles. The summed E-state index contributed by atoms with van der Waals surface area (Å²) < 4.78 is 0. The number of carbonyl (C=O) groups excluding carboxylic acids is 1. The molecular weight excluding hydrogens is 390 g/mol. The first-order valence-corrected chi connectivity index (χ1v) is 11.0. The van der Waals surface area contributed by atoms with E-state index in [1.165, 1.54) is 48.7 Å². The summed E-state index contributed by atoms with van der Waals surface area (Å²) >= 11 is 0. The van der Waals surface area contributed by atoms with Gasteiger partial charge >= 0.3 is 0 Å². The summed E-state index contributed by atoms with van der Waals surface area (Å²) in [4.78, 5) is 23.9. The molecule has 4 aliphatic carbocycles. The van der Waals surface area contributed by atoms with E-state index in [9.17, 15) is 14.9 Å². The molecule has 4 saturated carbocycles. The number of benzene rings is 2. The summed E-state index contributed by atoms with van der Waals surface area (Å²) in [7, 11) is 0. The Morgan fingerprint density at radius 2 is 1.84 bits per heavy atom. The predicted molar refractivity (Wildman–Crippen MR) is 119 cm³/mol. The van der Waals surface area contributed by atoms with Gasteiger partial charge in [-0.25, -0.2) is 5.43 Å². The van der Waals surface area contributed by atoms with Gasteiger partial charge in [0.25, 0.3) is 5.69 Å². The summed E-state index contributed by atoms with van der Waals surface area (Å²) in [5, 5.41) is 15.1. The molecule has 0 spiro atoms. The molecule has 2 atom stereocenters. The number of hydrogen-bond donors (Lipinski definition) is 1. The van der Waals surface area contributed by atoms with Crippen LogP contribution in [0.15, 0.2) is 53.6 Å². The van der Waals surface area contributed by atoms with Crippen molar-refractivity contribution in [2.45, 2.75) is 50.9 Å². The van der Waals surface area contributed by atoms with E-state index in [1.807, 2.05) is 0 Å². The molecule has 0 heterocycles. The monoisotopic (exact) mass is 417 g/mol. The Bertz CT molecular complexity index is 1050. The van der Waals surface area contributed by atoms with Gasteiger partial charge in [0, 0.05) is 17.7 Å². The van der Waals surface area contributed by atoms with Crippen molar-refractivity contribution in [3.8, 4) is 0 Å². The number of nitro benzene ring substituents is 1. The van der Waals surface area contributed by atoms with Gasteiger partial charge in [0.2, 0.25) is 5.91 Å². The van der Waals surface area contributed by atoms with Crippen molar-refractivity contribution < 1.29 is 9.72 Å². The number of non-ortho nitro benzene ring substituents is 1. The topological polar surface area (TPSA) is 84.6 Å². The minimum absolute atomic E-state index is 0.000215. The van der Waals surface area contributed by atoms with Crippen molar-refractivity contribution in [2.75, 3.05) is 0 Å². The van der Waals surface area contributed by atoms with Gasteiger partial charge in [-0.15, -0.1) is 0 Å². The molecule has 6 heteroatoms. The van der Waals surface area contributed by atoms with Crippen LogP contribution in [0.1, 0.15) is 55.2 Å². The number of hydrogen-bond acceptors (Lipinski definition) is 4. The fourth-order valence-corrected chi connectivity index (χ4v) is 6.78. The Labute approximate surface area is 181 Å². The number of nitrogens with zero attached hydrogens (tertiary/aromatic N) is 2. The Kier molecular flexibility index (Phi) is 4.68. The third-order valence-electron chi connectivity index (χ3n) is 7.67. The third-order valence-corrected chi connectivity index (χ3v) is 7.67. The number of nitrogens with one attached hydrogen (secondary N) is 1. The first kappa shape index (κ1) is 19.9. The van der Waals surface area contributed by atoms with Crippen LogP contribution < -0.4 is 5.43 Å². The van der Waals surface area contributed by atoms with Crippen molar-refractivity contribution in [3.05, 3.63) is 75.3 Å². The Morgan fingerprint density at radius 3 is 2.52 bits per heavy atom. The molecule has 0 saturated heterocycles. The zero-order valence-electron chi connectivity index (χ0n) is 17.7. The van der Waals surface area contributed by atoms with Gasteiger partial charge in [0.05, 0.1) is 16.6 Å². The van der Waals surface area contributed by atoms with E-state index in [1.54, 1.807) is 12.1 Å². The fourth-order valence-electron chi connectivity index (χ4n) is 6.78. The Hall–Kier alpha value is -3.02. The number of rotatable bonds is 5. The maximum Gasteiger partial charge on any atom is 0.270 e. The molecule has 2 aromatic rings. The number of nitro groups is 1. The van der Waals surface area contributed by atoms with Gasteiger partial charge in [-0.05, 0) is 68.3 Å². The van der Waals surface area contributed by atoms with E-state index < -0.39 is 4.92 Å². The van der Waals surface area contributed by atoms with Crippen LogP contribution in [-0.4, -0.2) is 17.0 Å². The lowest BCUT2D eigenvalue weighted by molar-refractivity contribution is -0.384. The first-order valence-electron chi connectivity index (χ1n) is 11.0. The van der Waals surface area contributed by atoms with Gasteiger partial charge in [-0.2, -0.15) is 5.10 Å². The van der Waals surface area contributed by atoms with E-state index in [-0.39, 0.29) is 22.4 Å². The van der Waals surface area contributed by atoms with Crippen LogP contribution in [0.25, 0.3) is 0 Å². The average molecular weight is 418 g/mol. The molecule has 6 nitrogen and oxygen atoms in total. The largest absolute Gasteiger partial charge is 0.273 e. The molecule has 6 rings (SSSR count). The van der Waals surface area contributed by atoms with Crippen molar-refractivity contribution >= 4 is 17.8 Å². The van der Waals surface area contributed by atoms with E-state index in [0.717, 1.165) is 19.3 Å². The lowest BCUT2D eigenvalue weighted by atomic mass is 9.42. The number of amides is 1. The van der Waals surface area contributed by atoms with Gasteiger partial charge in [0.1, 0.15) is 0 Å². The highest BCUT2D eigenvalue weighted by molar-refractivity contribution is 5.86. The van der Waals surface area contributed by atoms with Crippen molar-refractivity contribution in [3.63, 3.8) is 0 Å². The molecule has 0 unspecified atom stereocenters. The van der Waals surface area contributed by atoms with Crippen molar-refractivity contribution in [2.24, 2.45) is 22.4 Å². The number of aryl methyl sites for hydroxylation is 1. The van der Waals surface area contributed by atoms with Crippen LogP contribution >= 0.6 is 0 Å². The molecule has 0 radical (unpaired) electrons. The van der Waals surface area contributed by atoms with Gasteiger partial charge in [-0.3, -0.25) is 14.9 Å². The normalized spacial score (nSPS) is 31.1. The molecule has 0 aromatic heterocycles. The summed E-state index contributed by atoms with van der Waals surface area (Å²) in [6.07, 6.45) is 7.84. The fraction of sp³-hybridized carbons (Fsp3) is 0.440. The molecule has 160 valence electrons. The molecule has 0 aliphatic heterocycles. The second kappa shape index (κ2) is 7.29. The Balaban J connectivity index is 1.36. The maximum atomic E-state index is 13.4. The van der Waals surface area contributed by atoms with Crippen LogP contribution in [-0.2, 0) is 10.2 Å². The zero-order chi connectivity index (χ0) is 21.6. The minimum atomic E-state index is -0.435. The second-order valence-corrected chi connectivity index (χ2v) is 9.94. The molecule has 4 aliphatic rings. The highest BCUT2D eigenvalue weighted by Crippen LogP contribution is 2.65. The molecule has 1 N–H and O–H groups in total. The van der Waals surface area contributed by atoms with Gasteiger partial charge < -0.3 is 0 Å². The van der Waals surface area contributed by atoms with Crippen LogP contribution in [0, 0.1) is 34.3 Å². The molecule has 31 heavy (non-hydrogen) atoms. The highest BCUT2D eigenvalue weighted by atomic mass is 16.6. The summed E-state index contributed by atoms with van der Waals surface area (Å²) in [6, 6.07) is 15.1. The first-order chi connectivity index (χ1) is 14.9. The predicted octanol–water partition coefficient (Wildman–Crippen LogP) is 4.89. The number of hydrazone groups is 1. The summed E-state index contributed by atoms with van der Waals surface area (Å²) in [5.74, 6) is 1.18. The lowest BCUT2D eigenvalue weighted by Gasteiger charge is -2.61. The molecule has 4 bridgehead atoms. The smallest absolute Gasteiger partial charge is 0.270 e. The summed E-state index contributed by atoms with van der Waals surface area (Å²) in [6.45, 7) is 2.11. The van der Waals surface area contributed by atoms with Gasteiger partial charge in [-0.1, -0.05) is 42.0 Å². The minimum Gasteiger partial charge on any atom is -0.273 e. The van der Waals surface area contributed by atoms with Crippen molar-refractivity contribution in [1.82, 2.24) is 5.43 Å². The van der Waals surface area contributed by atoms with Gasteiger partial charge in [0.15, 0.2) is 0 Å². The van der Waals surface area contributed by atoms with E-state index in [2.05, 4.69) is 41.7 Å². The van der Waals surface area contributed by atoms with E-state index in [0.29, 0.717) is 17.4 Å². The molecular formula is C25H27N3O3. The molecule has 4 fully saturated rings. The van der Waals surface area contributed by atoms with Crippen LogP contribution in [0.3, 0.4) is 0 Å². The number of carbonyl (C=O) groups is 1. The van der Waals surface area contributed by atoms with Crippen molar-refractivity contribution in [1.29, 1.82) is 0 Å². The van der Waals surface area contributed by atoms with Crippen LogP contribution in [0.2, 0.25) is 0 Å². The van der Waals surface area contributed by atoms with E-state index >= 15 is 0 Å². The Morgan fingerprint density at radius 1 is 1.13 bits per heavy atom. The summed E-state index contributed by atoms with van der Waals surface area (Å²) in [5.41, 5.74) is 5.75. The van der Waals surface area contributed by atoms with E-state index in [4.69, 9.17) is 0 Å². The van der Waals surface area contributed by atoms with Crippen LogP contribution in [0.5, 0.6) is 0 Å².